The highest BCUT2D eigenvalue weighted by Crippen LogP contribution is 2.30. The highest BCUT2D eigenvalue weighted by molar-refractivity contribution is 5.83. The topological polar surface area (TPSA) is 72.5 Å². The van der Waals surface area contributed by atoms with E-state index in [-0.39, 0.29) is 13.0 Å². The maximum Gasteiger partial charge on any atom is 0.317 e. The highest BCUT2D eigenvalue weighted by atomic mass is 19.1. The third-order valence-electron chi connectivity index (χ3n) is 2.95. The summed E-state index contributed by atoms with van der Waals surface area (Å²) in [6.07, 6.45) is -0.671. The molecule has 0 spiro atoms. The van der Waals surface area contributed by atoms with Gasteiger partial charge in [-0.3, -0.25) is 4.79 Å². The molecule has 100 valence electrons. The van der Waals surface area contributed by atoms with Gasteiger partial charge in [-0.1, -0.05) is 12.1 Å². The monoisotopic (exact) mass is 255 g/mol. The fourth-order valence-corrected chi connectivity index (χ4v) is 2.09. The van der Waals surface area contributed by atoms with Gasteiger partial charge in [-0.15, -0.1) is 0 Å². The first kappa shape index (κ1) is 14.6. The molecule has 2 unspecified atom stereocenters. The minimum Gasteiger partial charge on any atom is -0.468 e. The number of methoxy groups -OCH3 is 1. The third-order valence-corrected chi connectivity index (χ3v) is 2.95. The number of benzene rings is 1. The summed E-state index contributed by atoms with van der Waals surface area (Å²) in [6, 6.07) is 5.63. The standard InChI is InChI=1S/C13H18FNO3/c1-9(16)7-13(8-15,12(17)18-2)10-4-3-5-11(14)6-10/h3-6,9,16H,7-8,15H2,1-2H3. The molecule has 0 bridgehead atoms. The van der Waals surface area contributed by atoms with Crippen LogP contribution in [0.5, 0.6) is 0 Å². The van der Waals surface area contributed by atoms with Gasteiger partial charge < -0.3 is 15.6 Å². The zero-order valence-corrected chi connectivity index (χ0v) is 10.5. The lowest BCUT2D eigenvalue weighted by molar-refractivity contribution is -0.148. The summed E-state index contributed by atoms with van der Waals surface area (Å²) in [5.74, 6) is -1.03. The first-order valence-electron chi connectivity index (χ1n) is 5.69. The Morgan fingerprint density at radius 2 is 2.28 bits per heavy atom. The Morgan fingerprint density at radius 1 is 1.61 bits per heavy atom. The third kappa shape index (κ3) is 2.86. The summed E-state index contributed by atoms with van der Waals surface area (Å²) < 4.78 is 18.0. The van der Waals surface area contributed by atoms with E-state index in [0.29, 0.717) is 5.56 Å². The number of aliphatic hydroxyl groups is 1. The minimum absolute atomic E-state index is 0.0615. The minimum atomic E-state index is -1.22. The number of carbonyl (C=O) groups excluding carboxylic acids is 1. The Hall–Kier alpha value is -1.46. The molecule has 2 atom stereocenters. The van der Waals surface area contributed by atoms with Crippen LogP contribution in [0.3, 0.4) is 0 Å². The van der Waals surface area contributed by atoms with Crippen molar-refractivity contribution in [3.05, 3.63) is 35.6 Å². The second-order valence-corrected chi connectivity index (χ2v) is 4.34. The number of ether oxygens (including phenoxy) is 1. The Kier molecular flexibility index (Phi) is 4.81. The SMILES string of the molecule is COC(=O)C(CN)(CC(C)O)c1cccc(F)c1. The molecule has 0 heterocycles. The molecule has 4 nitrogen and oxygen atoms in total. The summed E-state index contributed by atoms with van der Waals surface area (Å²) in [7, 11) is 1.24. The average molecular weight is 255 g/mol. The molecule has 0 amide bonds. The molecule has 1 aromatic carbocycles. The van der Waals surface area contributed by atoms with Gasteiger partial charge in [-0.25, -0.2) is 4.39 Å². The molecular weight excluding hydrogens is 237 g/mol. The number of halogens is 1. The van der Waals surface area contributed by atoms with E-state index in [0.717, 1.165) is 0 Å². The van der Waals surface area contributed by atoms with Crippen molar-refractivity contribution in [3.8, 4) is 0 Å². The predicted octanol–water partition coefficient (Wildman–Crippen LogP) is 0.966. The first-order valence-corrected chi connectivity index (χ1v) is 5.69. The molecule has 0 aliphatic carbocycles. The molecule has 0 fully saturated rings. The second-order valence-electron chi connectivity index (χ2n) is 4.34. The lowest BCUT2D eigenvalue weighted by atomic mass is 9.76. The van der Waals surface area contributed by atoms with E-state index in [2.05, 4.69) is 0 Å². The zero-order chi connectivity index (χ0) is 13.8. The molecule has 0 saturated carbocycles. The molecule has 18 heavy (non-hydrogen) atoms. The Balaban J connectivity index is 3.29. The largest absolute Gasteiger partial charge is 0.468 e. The fraction of sp³-hybridized carbons (Fsp3) is 0.462. The van der Waals surface area contributed by atoms with Crippen LogP contribution in [-0.2, 0) is 14.9 Å². The molecule has 0 aliphatic heterocycles. The van der Waals surface area contributed by atoms with Crippen molar-refractivity contribution in [3.63, 3.8) is 0 Å². The Bertz CT molecular complexity index is 422. The number of aliphatic hydroxyl groups excluding tert-OH is 1. The first-order chi connectivity index (χ1) is 8.46. The van der Waals surface area contributed by atoms with E-state index in [4.69, 9.17) is 10.5 Å². The van der Waals surface area contributed by atoms with Gasteiger partial charge in [0.2, 0.25) is 0 Å². The molecule has 1 aromatic rings. The molecule has 0 aromatic heterocycles. The number of esters is 1. The van der Waals surface area contributed by atoms with E-state index >= 15 is 0 Å². The normalized spacial score (nSPS) is 15.8. The van der Waals surface area contributed by atoms with Crippen molar-refractivity contribution in [1.29, 1.82) is 0 Å². The van der Waals surface area contributed by atoms with Crippen molar-refractivity contribution >= 4 is 5.97 Å². The number of nitrogens with two attached hydrogens (primary N) is 1. The van der Waals surface area contributed by atoms with Gasteiger partial charge in [-0.2, -0.15) is 0 Å². The van der Waals surface area contributed by atoms with Crippen LogP contribution in [0, 0.1) is 5.82 Å². The van der Waals surface area contributed by atoms with Crippen LogP contribution in [0.1, 0.15) is 18.9 Å². The summed E-state index contributed by atoms with van der Waals surface area (Å²) in [5.41, 5.74) is 4.88. The summed E-state index contributed by atoms with van der Waals surface area (Å²) in [6.45, 7) is 1.49. The number of hydrogen-bond acceptors (Lipinski definition) is 4. The van der Waals surface area contributed by atoms with Gasteiger partial charge in [-0.05, 0) is 31.0 Å². The van der Waals surface area contributed by atoms with Gasteiger partial charge in [0.25, 0.3) is 0 Å². The average Bonchev–Trinajstić information content (AvgIpc) is 2.34. The van der Waals surface area contributed by atoms with Crippen molar-refractivity contribution in [2.75, 3.05) is 13.7 Å². The molecule has 3 N–H and O–H groups in total. The molecular formula is C13H18FNO3. The van der Waals surface area contributed by atoms with Crippen LogP contribution in [-0.4, -0.2) is 30.8 Å². The molecule has 1 rings (SSSR count). The lowest BCUT2D eigenvalue weighted by Gasteiger charge is -2.31. The zero-order valence-electron chi connectivity index (χ0n) is 10.5. The van der Waals surface area contributed by atoms with Crippen molar-refractivity contribution in [2.24, 2.45) is 5.73 Å². The van der Waals surface area contributed by atoms with Gasteiger partial charge >= 0.3 is 5.97 Å². The van der Waals surface area contributed by atoms with E-state index < -0.39 is 23.3 Å². The summed E-state index contributed by atoms with van der Waals surface area (Å²) in [4.78, 5) is 12.0. The fourth-order valence-electron chi connectivity index (χ4n) is 2.09. The number of rotatable bonds is 5. The lowest BCUT2D eigenvalue weighted by Crippen LogP contribution is -2.46. The molecule has 0 radical (unpaired) electrons. The molecule has 0 saturated heterocycles. The van der Waals surface area contributed by atoms with Crippen LogP contribution < -0.4 is 5.73 Å². The van der Waals surface area contributed by atoms with Crippen LogP contribution in [0.4, 0.5) is 4.39 Å². The van der Waals surface area contributed by atoms with E-state index in [9.17, 15) is 14.3 Å². The number of hydrogen-bond donors (Lipinski definition) is 2. The van der Waals surface area contributed by atoms with E-state index in [1.54, 1.807) is 13.0 Å². The van der Waals surface area contributed by atoms with Crippen LogP contribution in [0.15, 0.2) is 24.3 Å². The quantitative estimate of drug-likeness (QED) is 0.769. The Labute approximate surface area is 106 Å². The van der Waals surface area contributed by atoms with Crippen molar-refractivity contribution in [2.45, 2.75) is 24.9 Å². The van der Waals surface area contributed by atoms with Gasteiger partial charge in [0.05, 0.1) is 13.2 Å². The van der Waals surface area contributed by atoms with Gasteiger partial charge in [0, 0.05) is 6.54 Å². The van der Waals surface area contributed by atoms with E-state index in [1.807, 2.05) is 0 Å². The maximum atomic E-state index is 13.3. The highest BCUT2D eigenvalue weighted by Gasteiger charge is 2.41. The van der Waals surface area contributed by atoms with Crippen molar-refractivity contribution < 1.29 is 19.0 Å². The summed E-state index contributed by atoms with van der Waals surface area (Å²) >= 11 is 0. The second kappa shape index (κ2) is 5.93. The number of carbonyl (C=O) groups is 1. The molecule has 5 heteroatoms. The van der Waals surface area contributed by atoms with Gasteiger partial charge in [0.15, 0.2) is 0 Å². The summed E-state index contributed by atoms with van der Waals surface area (Å²) in [5, 5.41) is 9.54. The smallest absolute Gasteiger partial charge is 0.317 e. The van der Waals surface area contributed by atoms with Crippen molar-refractivity contribution in [1.82, 2.24) is 0 Å². The van der Waals surface area contributed by atoms with Gasteiger partial charge in [0.1, 0.15) is 11.2 Å². The van der Waals surface area contributed by atoms with E-state index in [1.165, 1.54) is 25.3 Å². The maximum absolute atomic E-state index is 13.3. The van der Waals surface area contributed by atoms with Crippen LogP contribution >= 0.6 is 0 Å². The Morgan fingerprint density at radius 3 is 2.72 bits per heavy atom. The molecule has 0 aliphatic rings. The van der Waals surface area contributed by atoms with Crippen LogP contribution in [0.2, 0.25) is 0 Å². The predicted molar refractivity (Wildman–Crippen MR) is 65.4 cm³/mol. The van der Waals surface area contributed by atoms with Crippen LogP contribution in [0.25, 0.3) is 0 Å².